The van der Waals surface area contributed by atoms with Gasteiger partial charge in [0, 0.05) is 25.5 Å². The number of aliphatic imine (C=N–C) groups is 2. The Labute approximate surface area is 243 Å². The minimum atomic E-state index is 0.387. The van der Waals surface area contributed by atoms with Gasteiger partial charge in [-0.3, -0.25) is 0 Å². The Morgan fingerprint density at radius 2 is 1.37 bits per heavy atom. The number of halogens is 4. The summed E-state index contributed by atoms with van der Waals surface area (Å²) in [5.41, 5.74) is 8.39. The predicted octanol–water partition coefficient (Wildman–Crippen LogP) is 10.7. The Morgan fingerprint density at radius 3 is 1.97 bits per heavy atom. The Hall–Kier alpha value is -1.11. The van der Waals surface area contributed by atoms with E-state index < -0.39 is 0 Å². The number of nitrogens with zero attached hydrogens (tertiary/aromatic N) is 2. The van der Waals surface area contributed by atoms with Crippen LogP contribution in [-0.2, 0) is 10.9 Å². The number of hydrogen-bond donors (Lipinski definition) is 0. The molecule has 0 heterocycles. The van der Waals surface area contributed by atoms with Gasteiger partial charge < -0.3 is 0 Å². The van der Waals surface area contributed by atoms with Crippen molar-refractivity contribution in [3.8, 4) is 0 Å². The van der Waals surface area contributed by atoms with E-state index in [0.717, 1.165) is 48.4 Å². The summed E-state index contributed by atoms with van der Waals surface area (Å²) in [6, 6.07) is 25.4. The number of aryl methyl sites for hydroxylation is 1. The van der Waals surface area contributed by atoms with Crippen molar-refractivity contribution in [3.05, 3.63) is 104 Å². The molecule has 1 aliphatic rings. The van der Waals surface area contributed by atoms with Crippen LogP contribution in [0, 0.1) is 6.92 Å². The second-order valence-electron chi connectivity index (χ2n) is 8.44. The summed E-state index contributed by atoms with van der Waals surface area (Å²) in [7, 11) is 1.25. The summed E-state index contributed by atoms with van der Waals surface area (Å²) in [5.74, 6) is 0.387. The van der Waals surface area contributed by atoms with E-state index in [9.17, 15) is 0 Å². The topological polar surface area (TPSA) is 24.7 Å². The molecular formula is C28H22Br4N2Ni. The van der Waals surface area contributed by atoms with E-state index in [0.29, 0.717) is 5.92 Å². The molecule has 0 aromatic heterocycles. The Bertz CT molecular complexity index is 1430. The molecule has 1 aliphatic carbocycles. The van der Waals surface area contributed by atoms with E-state index in [1.165, 1.54) is 27.2 Å². The fourth-order valence-electron chi connectivity index (χ4n) is 4.36. The van der Waals surface area contributed by atoms with Crippen LogP contribution < -0.4 is 0 Å². The van der Waals surface area contributed by atoms with E-state index in [-0.39, 0.29) is 0 Å². The quantitative estimate of drug-likeness (QED) is 0.186. The maximum atomic E-state index is 5.23. The molecule has 2 nitrogen and oxygen atoms in total. The van der Waals surface area contributed by atoms with E-state index in [1.54, 1.807) is 0 Å². The summed E-state index contributed by atoms with van der Waals surface area (Å²) in [5, 5.41) is 2.43. The second-order valence-corrected chi connectivity index (χ2v) is 15.2. The van der Waals surface area contributed by atoms with Crippen LogP contribution >= 0.6 is 60.3 Å². The van der Waals surface area contributed by atoms with E-state index >= 15 is 0 Å². The Balaban J connectivity index is 0.000000917. The van der Waals surface area contributed by atoms with Crippen molar-refractivity contribution in [2.45, 2.75) is 26.7 Å². The van der Waals surface area contributed by atoms with Gasteiger partial charge in [-0.1, -0.05) is 84.4 Å². The molecule has 0 fully saturated rings. The summed E-state index contributed by atoms with van der Waals surface area (Å²) in [6.45, 7) is 6.50. The molecule has 4 aromatic carbocycles. The molecule has 0 amide bonds. The van der Waals surface area contributed by atoms with Crippen LogP contribution in [0.5, 0.6) is 0 Å². The fourth-order valence-corrected chi connectivity index (χ4v) is 5.89. The maximum absolute atomic E-state index is 5.23. The monoisotopic (exact) mass is 760 g/mol. The van der Waals surface area contributed by atoms with Crippen molar-refractivity contribution in [2.24, 2.45) is 9.98 Å². The Kier molecular flexibility index (Phi) is 9.21. The van der Waals surface area contributed by atoms with Crippen molar-refractivity contribution < 1.29 is 10.9 Å². The van der Waals surface area contributed by atoms with Crippen LogP contribution in [0.1, 0.15) is 42.0 Å². The van der Waals surface area contributed by atoms with Crippen LogP contribution in [0.4, 0.5) is 11.4 Å². The van der Waals surface area contributed by atoms with Gasteiger partial charge >= 0.3 is 39.3 Å². The van der Waals surface area contributed by atoms with Crippen LogP contribution in [0.25, 0.3) is 10.8 Å². The third kappa shape index (κ3) is 5.75. The molecule has 0 atom stereocenters. The van der Waals surface area contributed by atoms with Gasteiger partial charge in [0.2, 0.25) is 0 Å². The van der Waals surface area contributed by atoms with Crippen molar-refractivity contribution >= 4 is 93.9 Å². The first-order valence-corrected chi connectivity index (χ1v) is 17.4. The van der Waals surface area contributed by atoms with Crippen molar-refractivity contribution in [3.63, 3.8) is 0 Å². The van der Waals surface area contributed by atoms with Gasteiger partial charge in [0.25, 0.3) is 0 Å². The van der Waals surface area contributed by atoms with Crippen molar-refractivity contribution in [2.75, 3.05) is 0 Å². The number of hydrogen-bond acceptors (Lipinski definition) is 2. The molecule has 0 saturated carbocycles. The van der Waals surface area contributed by atoms with Gasteiger partial charge in [0.1, 0.15) is 0 Å². The summed E-state index contributed by atoms with van der Waals surface area (Å²) >= 11 is 13.3. The van der Waals surface area contributed by atoms with Gasteiger partial charge in [-0.25, -0.2) is 9.98 Å². The zero-order chi connectivity index (χ0) is 25.1. The number of benzene rings is 4. The first-order valence-electron chi connectivity index (χ1n) is 10.9. The van der Waals surface area contributed by atoms with Crippen LogP contribution in [0.3, 0.4) is 0 Å². The molecule has 5 rings (SSSR count). The average Bonchev–Trinajstić information content (AvgIpc) is 3.11. The minimum absolute atomic E-state index is 0.387. The molecule has 0 spiro atoms. The molecule has 4 aromatic rings. The molecular weight excluding hydrogens is 743 g/mol. The molecule has 0 bridgehead atoms. The zero-order valence-electron chi connectivity index (χ0n) is 19.2. The number of para-hydroxylation sites is 1. The van der Waals surface area contributed by atoms with Gasteiger partial charge in [-0.15, -0.1) is 0 Å². The SMILES string of the molecule is Cc1cc(Br)cc(Br)c1N=C1C(=Nc2ccccc2C(C)C)c2cccc3cccc1c23.[Br][Ni][Br]. The van der Waals surface area contributed by atoms with Gasteiger partial charge in [0.05, 0.1) is 22.8 Å². The summed E-state index contributed by atoms with van der Waals surface area (Å²) < 4.78 is 1.99. The van der Waals surface area contributed by atoms with Crippen molar-refractivity contribution in [1.29, 1.82) is 0 Å². The Morgan fingerprint density at radius 1 is 0.771 bits per heavy atom. The molecule has 0 saturated heterocycles. The molecule has 0 N–H and O–H groups in total. The van der Waals surface area contributed by atoms with E-state index in [1.807, 2.05) is 6.07 Å². The first-order chi connectivity index (χ1) is 16.8. The molecule has 0 unspecified atom stereocenters. The first kappa shape index (κ1) is 26.9. The normalized spacial score (nSPS) is 14.7. The van der Waals surface area contributed by atoms with Crippen LogP contribution in [-0.4, -0.2) is 11.4 Å². The molecule has 0 radical (unpaired) electrons. The van der Waals surface area contributed by atoms with E-state index in [4.69, 9.17) is 9.98 Å². The fraction of sp³-hybridized carbons (Fsp3) is 0.143. The van der Waals surface area contributed by atoms with E-state index in [2.05, 4.69) is 148 Å². The second kappa shape index (κ2) is 12.0. The summed E-state index contributed by atoms with van der Waals surface area (Å²) in [6.07, 6.45) is 0. The zero-order valence-corrected chi connectivity index (χ0v) is 26.6. The van der Waals surface area contributed by atoms with Crippen molar-refractivity contribution in [1.82, 2.24) is 0 Å². The third-order valence-corrected chi connectivity index (χ3v) is 6.93. The average molecular weight is 765 g/mol. The standard InChI is InChI=1S/C28H22Br2N2.2BrH.Ni/c1-16(2)20-10-4-5-13-24(20)31-27-21-11-6-8-18-9-7-12-22(25(18)21)28(27)32-26-17(3)14-19(29)15-23(26)30;;;/h4-16H,1-3H3;2*1H;/q;;;+2/p-2. The van der Waals surface area contributed by atoms with Gasteiger partial charge in [-0.2, -0.15) is 0 Å². The summed E-state index contributed by atoms with van der Waals surface area (Å²) in [4.78, 5) is 10.4. The van der Waals surface area contributed by atoms with Crippen LogP contribution in [0.2, 0.25) is 0 Å². The molecule has 7 heteroatoms. The van der Waals surface area contributed by atoms with Gasteiger partial charge in [0.15, 0.2) is 0 Å². The molecule has 182 valence electrons. The third-order valence-electron chi connectivity index (χ3n) is 5.87. The van der Waals surface area contributed by atoms with Gasteiger partial charge in [-0.05, 0) is 63.5 Å². The predicted molar refractivity (Wildman–Crippen MR) is 161 cm³/mol. The molecule has 0 aliphatic heterocycles. The molecule has 35 heavy (non-hydrogen) atoms. The number of rotatable bonds is 3. The van der Waals surface area contributed by atoms with Crippen LogP contribution in [0.15, 0.2) is 91.7 Å².